The third-order valence-electron chi connectivity index (χ3n) is 3.16. The van der Waals surface area contributed by atoms with E-state index in [1.807, 2.05) is 24.3 Å². The van der Waals surface area contributed by atoms with Gasteiger partial charge in [0.25, 0.3) is 0 Å². The molecule has 0 saturated carbocycles. The van der Waals surface area contributed by atoms with E-state index in [-0.39, 0.29) is 5.92 Å². The highest BCUT2D eigenvalue weighted by Crippen LogP contribution is 2.38. The summed E-state index contributed by atoms with van der Waals surface area (Å²) in [7, 11) is 0. The minimum absolute atomic E-state index is 0.323. The molecule has 1 aliphatic rings. The van der Waals surface area contributed by atoms with Crippen LogP contribution in [0.2, 0.25) is 0 Å². The number of aryl methyl sites for hydroxylation is 1. The van der Waals surface area contributed by atoms with Crippen molar-refractivity contribution in [3.8, 4) is 0 Å². The number of hydrogen-bond donors (Lipinski definition) is 2. The summed E-state index contributed by atoms with van der Waals surface area (Å²) in [5, 5.41) is 10.2. The summed E-state index contributed by atoms with van der Waals surface area (Å²) in [6.45, 7) is 0. The van der Waals surface area contributed by atoms with E-state index in [0.29, 0.717) is 0 Å². The van der Waals surface area contributed by atoms with Gasteiger partial charge in [-0.3, -0.25) is 4.79 Å². The number of fused-ring (bicyclic) bond motifs is 3. The first kappa shape index (κ1) is 8.53. The van der Waals surface area contributed by atoms with Crippen molar-refractivity contribution in [2.24, 2.45) is 0 Å². The lowest BCUT2D eigenvalue weighted by Crippen LogP contribution is -2.07. The molecule has 76 valence electrons. The quantitative estimate of drug-likeness (QED) is 0.743. The Kier molecular flexibility index (Phi) is 1.63. The van der Waals surface area contributed by atoms with Gasteiger partial charge in [-0.25, -0.2) is 0 Å². The number of hydrogen-bond acceptors (Lipinski definition) is 1. The number of aliphatic carboxylic acids is 1. The van der Waals surface area contributed by atoms with Gasteiger partial charge in [-0.05, 0) is 24.5 Å². The number of aromatic nitrogens is 1. The SMILES string of the molecule is O=C(O)[C@H]1CCc2[nH]c3ccccc3c21. The van der Waals surface area contributed by atoms with Crippen LogP contribution in [0.1, 0.15) is 23.6 Å². The Bertz CT molecular complexity index is 542. The first-order chi connectivity index (χ1) is 7.27. The van der Waals surface area contributed by atoms with Crippen LogP contribution in [0.4, 0.5) is 0 Å². The highest BCUT2D eigenvalue weighted by atomic mass is 16.4. The van der Waals surface area contributed by atoms with E-state index in [0.717, 1.165) is 35.0 Å². The Balaban J connectivity index is 2.29. The Morgan fingerprint density at radius 3 is 3.00 bits per heavy atom. The fourth-order valence-corrected chi connectivity index (χ4v) is 2.49. The molecule has 3 heteroatoms. The molecule has 1 aromatic heterocycles. The van der Waals surface area contributed by atoms with Crippen LogP contribution in [0.15, 0.2) is 24.3 Å². The maximum atomic E-state index is 11.1. The Morgan fingerprint density at radius 2 is 2.20 bits per heavy atom. The molecule has 2 aromatic rings. The number of carboxylic acid groups (broad SMARTS) is 1. The maximum Gasteiger partial charge on any atom is 0.311 e. The first-order valence-corrected chi connectivity index (χ1v) is 5.09. The predicted octanol–water partition coefficient (Wildman–Crippen LogP) is 2.28. The fraction of sp³-hybridized carbons (Fsp3) is 0.250. The van der Waals surface area contributed by atoms with E-state index in [1.165, 1.54) is 0 Å². The molecule has 0 aliphatic heterocycles. The van der Waals surface area contributed by atoms with E-state index < -0.39 is 5.97 Å². The van der Waals surface area contributed by atoms with Gasteiger partial charge in [0.2, 0.25) is 0 Å². The van der Waals surface area contributed by atoms with Crippen LogP contribution in [0.5, 0.6) is 0 Å². The molecule has 0 spiro atoms. The van der Waals surface area contributed by atoms with Crippen LogP contribution in [-0.2, 0) is 11.2 Å². The molecule has 0 radical (unpaired) electrons. The molecule has 0 amide bonds. The Hall–Kier alpha value is -1.77. The number of carboxylic acids is 1. The van der Waals surface area contributed by atoms with Gasteiger partial charge in [-0.15, -0.1) is 0 Å². The number of H-pyrrole nitrogens is 1. The van der Waals surface area contributed by atoms with E-state index >= 15 is 0 Å². The summed E-state index contributed by atoms with van der Waals surface area (Å²) >= 11 is 0. The second-order valence-corrected chi connectivity index (χ2v) is 3.99. The van der Waals surface area contributed by atoms with Crippen molar-refractivity contribution in [2.75, 3.05) is 0 Å². The van der Waals surface area contributed by atoms with E-state index in [4.69, 9.17) is 5.11 Å². The third-order valence-corrected chi connectivity index (χ3v) is 3.16. The van der Waals surface area contributed by atoms with Crippen molar-refractivity contribution >= 4 is 16.9 Å². The highest BCUT2D eigenvalue weighted by molar-refractivity contribution is 5.91. The largest absolute Gasteiger partial charge is 0.481 e. The standard InChI is InChI=1S/C12H11NO2/c14-12(15)8-5-6-10-11(8)7-3-1-2-4-9(7)13-10/h1-4,8,13H,5-6H2,(H,14,15)/t8-/m0/s1. The van der Waals surface area contributed by atoms with Gasteiger partial charge in [0, 0.05) is 16.6 Å². The number of aromatic amines is 1. The van der Waals surface area contributed by atoms with Gasteiger partial charge in [0.1, 0.15) is 0 Å². The van der Waals surface area contributed by atoms with Crippen LogP contribution in [0, 0.1) is 0 Å². The average molecular weight is 201 g/mol. The molecule has 0 unspecified atom stereocenters. The lowest BCUT2D eigenvalue weighted by atomic mass is 10.0. The monoisotopic (exact) mass is 201 g/mol. The summed E-state index contributed by atoms with van der Waals surface area (Å²) < 4.78 is 0. The Labute approximate surface area is 86.7 Å². The number of carbonyl (C=O) groups is 1. The van der Waals surface area contributed by atoms with Crippen LogP contribution in [-0.4, -0.2) is 16.1 Å². The minimum atomic E-state index is -0.710. The zero-order chi connectivity index (χ0) is 10.4. The third kappa shape index (κ3) is 1.09. The minimum Gasteiger partial charge on any atom is -0.481 e. The number of nitrogens with one attached hydrogen (secondary N) is 1. The van der Waals surface area contributed by atoms with Crippen molar-refractivity contribution in [2.45, 2.75) is 18.8 Å². The zero-order valence-electron chi connectivity index (χ0n) is 8.16. The normalized spacial score (nSPS) is 19.3. The van der Waals surface area contributed by atoms with E-state index in [1.54, 1.807) is 0 Å². The van der Waals surface area contributed by atoms with Gasteiger partial charge in [0.05, 0.1) is 5.92 Å². The highest BCUT2D eigenvalue weighted by Gasteiger charge is 2.31. The van der Waals surface area contributed by atoms with Crippen molar-refractivity contribution in [1.82, 2.24) is 4.98 Å². The van der Waals surface area contributed by atoms with Crippen LogP contribution in [0.3, 0.4) is 0 Å². The van der Waals surface area contributed by atoms with E-state index in [9.17, 15) is 4.79 Å². The molecule has 0 bridgehead atoms. The van der Waals surface area contributed by atoms with Crippen molar-refractivity contribution < 1.29 is 9.90 Å². The van der Waals surface area contributed by atoms with Gasteiger partial charge in [0.15, 0.2) is 0 Å². The Morgan fingerprint density at radius 1 is 1.40 bits per heavy atom. The zero-order valence-corrected chi connectivity index (χ0v) is 8.16. The topological polar surface area (TPSA) is 53.1 Å². The van der Waals surface area contributed by atoms with Gasteiger partial charge < -0.3 is 10.1 Å². The summed E-state index contributed by atoms with van der Waals surface area (Å²) in [5.41, 5.74) is 3.15. The molecule has 0 saturated heterocycles. The van der Waals surface area contributed by atoms with Gasteiger partial charge in [-0.1, -0.05) is 18.2 Å². The van der Waals surface area contributed by atoms with Crippen LogP contribution in [0.25, 0.3) is 10.9 Å². The molecule has 0 fully saturated rings. The number of rotatable bonds is 1. The number of benzene rings is 1. The predicted molar refractivity (Wildman–Crippen MR) is 57.0 cm³/mol. The summed E-state index contributed by atoms with van der Waals surface area (Å²) in [5.74, 6) is -1.03. The van der Waals surface area contributed by atoms with Crippen molar-refractivity contribution in [1.29, 1.82) is 0 Å². The number of para-hydroxylation sites is 1. The molecular formula is C12H11NO2. The smallest absolute Gasteiger partial charge is 0.311 e. The van der Waals surface area contributed by atoms with Gasteiger partial charge >= 0.3 is 5.97 Å². The first-order valence-electron chi connectivity index (χ1n) is 5.09. The summed E-state index contributed by atoms with van der Waals surface area (Å²) in [6, 6.07) is 7.90. The molecule has 15 heavy (non-hydrogen) atoms. The van der Waals surface area contributed by atoms with Crippen molar-refractivity contribution in [3.05, 3.63) is 35.5 Å². The second-order valence-electron chi connectivity index (χ2n) is 3.99. The average Bonchev–Trinajstić information content (AvgIpc) is 2.74. The lowest BCUT2D eigenvalue weighted by molar-refractivity contribution is -0.138. The molecule has 1 aliphatic carbocycles. The van der Waals surface area contributed by atoms with Crippen molar-refractivity contribution in [3.63, 3.8) is 0 Å². The van der Waals surface area contributed by atoms with Gasteiger partial charge in [-0.2, -0.15) is 0 Å². The molecule has 1 aromatic carbocycles. The molecule has 3 nitrogen and oxygen atoms in total. The second kappa shape index (κ2) is 2.86. The molecule has 3 rings (SSSR count). The van der Waals surface area contributed by atoms with Crippen LogP contribution >= 0.6 is 0 Å². The molecule has 2 N–H and O–H groups in total. The fourth-order valence-electron chi connectivity index (χ4n) is 2.49. The lowest BCUT2D eigenvalue weighted by Gasteiger charge is -2.03. The molecule has 1 atom stereocenters. The van der Waals surface area contributed by atoms with Crippen LogP contribution < -0.4 is 0 Å². The maximum absolute atomic E-state index is 11.1. The van der Waals surface area contributed by atoms with E-state index in [2.05, 4.69) is 4.98 Å². The molecular weight excluding hydrogens is 190 g/mol. The summed E-state index contributed by atoms with van der Waals surface area (Å²) in [6.07, 6.45) is 1.57. The molecule has 1 heterocycles. The summed E-state index contributed by atoms with van der Waals surface area (Å²) in [4.78, 5) is 14.4.